The van der Waals surface area contributed by atoms with Gasteiger partial charge in [0.1, 0.15) is 0 Å². The summed E-state index contributed by atoms with van der Waals surface area (Å²) in [6.45, 7) is 0. The van der Waals surface area contributed by atoms with Gasteiger partial charge in [0.2, 0.25) is 0 Å². The molecule has 1 rings (SSSR count). The van der Waals surface area contributed by atoms with E-state index in [0.29, 0.717) is 0 Å². The van der Waals surface area contributed by atoms with Crippen molar-refractivity contribution in [1.29, 1.82) is 0 Å². The van der Waals surface area contributed by atoms with E-state index in [2.05, 4.69) is 0 Å². The third-order valence-corrected chi connectivity index (χ3v) is 2.25. The van der Waals surface area contributed by atoms with Crippen LogP contribution in [0.2, 0.25) is 0 Å². The molecule has 10 heavy (non-hydrogen) atoms. The van der Waals surface area contributed by atoms with Crippen molar-refractivity contribution in [3.05, 3.63) is 24.3 Å². The van der Waals surface area contributed by atoms with Crippen LogP contribution in [0.4, 0.5) is 0 Å². The second kappa shape index (κ2) is 3.52. The van der Waals surface area contributed by atoms with E-state index in [4.69, 9.17) is 4.74 Å². The van der Waals surface area contributed by atoms with Crippen molar-refractivity contribution in [2.24, 2.45) is 0 Å². The maximum absolute atomic E-state index is 10.4. The molecule has 1 aromatic rings. The summed E-state index contributed by atoms with van der Waals surface area (Å²) in [6.07, 6.45) is 0. The molecular weight excluding hydrogens is 191 g/mol. The molecule has 0 bridgehead atoms. The van der Waals surface area contributed by atoms with Gasteiger partial charge in [0, 0.05) is 0 Å². The summed E-state index contributed by atoms with van der Waals surface area (Å²) in [4.78, 5) is 0. The Labute approximate surface area is 66.1 Å². The predicted molar refractivity (Wildman–Crippen MR) is 39.1 cm³/mol. The molecule has 3 heteroatoms. The molecule has 0 heterocycles. The van der Waals surface area contributed by atoms with Gasteiger partial charge in [-0.25, -0.2) is 0 Å². The van der Waals surface area contributed by atoms with E-state index in [-0.39, 0.29) is 0 Å². The van der Waals surface area contributed by atoms with Gasteiger partial charge in [-0.2, -0.15) is 0 Å². The van der Waals surface area contributed by atoms with Gasteiger partial charge in [-0.05, 0) is 0 Å². The monoisotopic (exact) mass is 198 g/mol. The number of benzene rings is 1. The molecule has 0 aliphatic heterocycles. The van der Waals surface area contributed by atoms with Crippen molar-refractivity contribution in [3.8, 4) is 5.75 Å². The topological polar surface area (TPSA) is 26.3 Å². The van der Waals surface area contributed by atoms with E-state index in [9.17, 15) is 3.74 Å². The Balaban J connectivity index is 2.90. The molecule has 0 aliphatic rings. The summed E-state index contributed by atoms with van der Waals surface area (Å²) < 4.78 is 16.2. The Bertz CT molecular complexity index is 218. The molecule has 0 aromatic heterocycles. The van der Waals surface area contributed by atoms with Gasteiger partial charge in [-0.15, -0.1) is 0 Å². The molecule has 2 nitrogen and oxygen atoms in total. The van der Waals surface area contributed by atoms with Crippen molar-refractivity contribution < 1.29 is 8.48 Å². The van der Waals surface area contributed by atoms with Crippen LogP contribution < -0.4 is 9.09 Å². The van der Waals surface area contributed by atoms with Gasteiger partial charge in [0.15, 0.2) is 0 Å². The predicted octanol–water partition coefficient (Wildman–Crippen LogP) is 0.370. The first-order valence-corrected chi connectivity index (χ1v) is 4.54. The average molecular weight is 198 g/mol. The second-order valence-corrected chi connectivity index (χ2v) is 3.26. The van der Waals surface area contributed by atoms with Gasteiger partial charge in [0.05, 0.1) is 0 Å². The molecule has 0 amide bonds. The summed E-state index contributed by atoms with van der Waals surface area (Å²) in [5.41, 5.74) is 0. The maximum atomic E-state index is 10.4. The molecule has 0 fully saturated rings. The summed E-state index contributed by atoms with van der Waals surface area (Å²) >= 11 is -0.888. The number of ether oxygens (including phenoxy) is 1. The first kappa shape index (κ1) is 7.49. The number of methoxy groups -OCH3 is 1. The standard InChI is InChI=1S/C7H7AsO2/c1-10-7-4-2-6(8-9)3-5-7/h2-5H,1H3. The third-order valence-electron chi connectivity index (χ3n) is 1.18. The molecule has 0 saturated heterocycles. The molecule has 1 aromatic carbocycles. The second-order valence-electron chi connectivity index (χ2n) is 1.79. The zero-order valence-corrected chi connectivity index (χ0v) is 7.45. The Morgan fingerprint density at radius 2 is 1.90 bits per heavy atom. The van der Waals surface area contributed by atoms with E-state index < -0.39 is 15.7 Å². The molecule has 0 saturated carbocycles. The SMILES string of the molecule is COc1ccc([As]=O)cc1. The van der Waals surface area contributed by atoms with Gasteiger partial charge >= 0.3 is 65.6 Å². The fourth-order valence-electron chi connectivity index (χ4n) is 0.643. The third kappa shape index (κ3) is 1.68. The summed E-state index contributed by atoms with van der Waals surface area (Å²) in [7, 11) is 1.61. The number of hydrogen-bond donors (Lipinski definition) is 0. The Kier molecular flexibility index (Phi) is 2.64. The number of hydrogen-bond acceptors (Lipinski definition) is 2. The first-order chi connectivity index (χ1) is 4.86. The number of rotatable bonds is 2. The van der Waals surface area contributed by atoms with Crippen molar-refractivity contribution >= 4 is 20.0 Å². The van der Waals surface area contributed by atoms with Crippen LogP contribution in [0.5, 0.6) is 5.75 Å². The van der Waals surface area contributed by atoms with Crippen LogP contribution in [0.25, 0.3) is 0 Å². The van der Waals surface area contributed by atoms with Crippen LogP contribution in [0.15, 0.2) is 24.3 Å². The van der Waals surface area contributed by atoms with E-state index in [0.717, 1.165) is 10.1 Å². The Hall–Kier alpha value is -0.622. The first-order valence-electron chi connectivity index (χ1n) is 2.84. The van der Waals surface area contributed by atoms with Gasteiger partial charge < -0.3 is 0 Å². The van der Waals surface area contributed by atoms with Gasteiger partial charge in [-0.1, -0.05) is 0 Å². The average Bonchev–Trinajstić information content (AvgIpc) is 2.05. The Morgan fingerprint density at radius 1 is 1.30 bits per heavy atom. The molecule has 52 valence electrons. The molecule has 0 spiro atoms. The van der Waals surface area contributed by atoms with Crippen molar-refractivity contribution in [3.63, 3.8) is 0 Å². The van der Waals surface area contributed by atoms with Gasteiger partial charge in [0.25, 0.3) is 0 Å². The van der Waals surface area contributed by atoms with Crippen LogP contribution in [-0.4, -0.2) is 22.8 Å². The molecule has 0 aliphatic carbocycles. The van der Waals surface area contributed by atoms with Crippen molar-refractivity contribution in [1.82, 2.24) is 0 Å². The van der Waals surface area contributed by atoms with E-state index in [1.165, 1.54) is 0 Å². The minimum atomic E-state index is -0.888. The van der Waals surface area contributed by atoms with Crippen molar-refractivity contribution in [2.75, 3.05) is 7.11 Å². The zero-order valence-electron chi connectivity index (χ0n) is 5.57. The fraction of sp³-hybridized carbons (Fsp3) is 0.143. The van der Waals surface area contributed by atoms with E-state index in [1.54, 1.807) is 7.11 Å². The molecule has 0 unspecified atom stereocenters. The summed E-state index contributed by atoms with van der Waals surface area (Å²) in [5, 5.41) is 0. The van der Waals surface area contributed by atoms with E-state index in [1.807, 2.05) is 24.3 Å². The van der Waals surface area contributed by atoms with Crippen LogP contribution in [0.1, 0.15) is 0 Å². The van der Waals surface area contributed by atoms with Gasteiger partial charge in [-0.3, -0.25) is 0 Å². The fourth-order valence-corrected chi connectivity index (χ4v) is 1.21. The van der Waals surface area contributed by atoms with Crippen molar-refractivity contribution in [2.45, 2.75) is 0 Å². The molecule has 0 radical (unpaired) electrons. The molecule has 0 atom stereocenters. The molecular formula is C7H7AsO2. The normalized spacial score (nSPS) is 9.70. The van der Waals surface area contributed by atoms with Crippen LogP contribution >= 0.6 is 0 Å². The van der Waals surface area contributed by atoms with Crippen LogP contribution in [0, 0.1) is 0 Å². The summed E-state index contributed by atoms with van der Waals surface area (Å²) in [6, 6.07) is 7.24. The zero-order chi connectivity index (χ0) is 7.40. The Morgan fingerprint density at radius 3 is 2.30 bits per heavy atom. The summed E-state index contributed by atoms with van der Waals surface area (Å²) in [5.74, 6) is 0.804. The minimum absolute atomic E-state index is 0.804. The van der Waals surface area contributed by atoms with Crippen LogP contribution in [-0.2, 0) is 3.74 Å². The quantitative estimate of drug-likeness (QED) is 0.641. The molecule has 0 N–H and O–H groups in total. The van der Waals surface area contributed by atoms with Crippen LogP contribution in [0.3, 0.4) is 0 Å². The van der Waals surface area contributed by atoms with E-state index >= 15 is 0 Å².